The molecular formula is C16H27NO2. The predicted octanol–water partition coefficient (Wildman–Crippen LogP) is 3.36. The minimum Gasteiger partial charge on any atom is -0.481 e. The predicted molar refractivity (Wildman–Crippen MR) is 77.1 cm³/mol. The molecule has 2 fully saturated rings. The summed E-state index contributed by atoms with van der Waals surface area (Å²) in [7, 11) is 2.08. The number of unbranched alkanes of at least 4 members (excludes halogenated alkanes) is 1. The Morgan fingerprint density at radius 3 is 2.95 bits per heavy atom. The van der Waals surface area contributed by atoms with Gasteiger partial charge in [0.05, 0.1) is 0 Å². The summed E-state index contributed by atoms with van der Waals surface area (Å²) in [5, 5.41) is 12.1. The Bertz CT molecular complexity index is 340. The number of nitrogens with one attached hydrogen (secondary N) is 1. The Morgan fingerprint density at radius 2 is 2.26 bits per heavy atom. The SMILES string of the molecule is CNC1CC12CCCCC[C@@H]2/C=C\CCCC(=O)O. The molecule has 2 aliphatic rings. The van der Waals surface area contributed by atoms with Crippen LogP contribution in [-0.4, -0.2) is 24.2 Å². The number of carboxylic acids is 1. The lowest BCUT2D eigenvalue weighted by Gasteiger charge is -2.23. The molecule has 2 aliphatic carbocycles. The molecule has 3 nitrogen and oxygen atoms in total. The third-order valence-electron chi connectivity index (χ3n) is 4.99. The third kappa shape index (κ3) is 3.59. The highest BCUT2D eigenvalue weighted by atomic mass is 16.4. The number of allylic oxidation sites excluding steroid dienone is 2. The second-order valence-corrected chi connectivity index (χ2v) is 6.20. The topological polar surface area (TPSA) is 49.3 Å². The average molecular weight is 265 g/mol. The first-order valence-electron chi connectivity index (χ1n) is 7.75. The van der Waals surface area contributed by atoms with E-state index in [2.05, 4.69) is 24.5 Å². The van der Waals surface area contributed by atoms with E-state index >= 15 is 0 Å². The summed E-state index contributed by atoms with van der Waals surface area (Å²) in [5.41, 5.74) is 0.522. The summed E-state index contributed by atoms with van der Waals surface area (Å²) in [5.74, 6) is 0.0223. The molecule has 19 heavy (non-hydrogen) atoms. The van der Waals surface area contributed by atoms with Gasteiger partial charge < -0.3 is 10.4 Å². The maximum absolute atomic E-state index is 10.5. The largest absolute Gasteiger partial charge is 0.481 e. The second-order valence-electron chi connectivity index (χ2n) is 6.20. The molecule has 3 heteroatoms. The quantitative estimate of drug-likeness (QED) is 0.572. The molecule has 1 spiro atoms. The summed E-state index contributed by atoms with van der Waals surface area (Å²) in [6.45, 7) is 0. The van der Waals surface area contributed by atoms with Crippen LogP contribution in [-0.2, 0) is 4.79 Å². The van der Waals surface area contributed by atoms with Gasteiger partial charge in [0.1, 0.15) is 0 Å². The molecule has 3 atom stereocenters. The fourth-order valence-corrected chi connectivity index (χ4v) is 3.78. The van der Waals surface area contributed by atoms with E-state index in [-0.39, 0.29) is 0 Å². The van der Waals surface area contributed by atoms with Crippen molar-refractivity contribution < 1.29 is 9.90 Å². The lowest BCUT2D eigenvalue weighted by molar-refractivity contribution is -0.137. The molecule has 108 valence electrons. The smallest absolute Gasteiger partial charge is 0.303 e. The molecular weight excluding hydrogens is 238 g/mol. The van der Waals surface area contributed by atoms with Crippen LogP contribution < -0.4 is 5.32 Å². The van der Waals surface area contributed by atoms with Gasteiger partial charge in [-0.25, -0.2) is 0 Å². The van der Waals surface area contributed by atoms with Gasteiger partial charge in [0.15, 0.2) is 0 Å². The molecule has 0 bridgehead atoms. The molecule has 0 aromatic heterocycles. The second kappa shape index (κ2) is 6.56. The van der Waals surface area contributed by atoms with Gasteiger partial charge in [-0.05, 0) is 50.5 Å². The van der Waals surface area contributed by atoms with E-state index in [1.165, 1.54) is 38.5 Å². The molecule has 0 aromatic rings. The summed E-state index contributed by atoms with van der Waals surface area (Å²) in [4.78, 5) is 10.5. The fourth-order valence-electron chi connectivity index (χ4n) is 3.78. The molecule has 0 heterocycles. The first kappa shape index (κ1) is 14.6. The van der Waals surface area contributed by atoms with Crippen molar-refractivity contribution in [2.24, 2.45) is 11.3 Å². The fraction of sp³-hybridized carbons (Fsp3) is 0.812. The molecule has 2 rings (SSSR count). The van der Waals surface area contributed by atoms with Gasteiger partial charge in [-0.1, -0.05) is 31.4 Å². The van der Waals surface area contributed by atoms with Crippen molar-refractivity contribution in [3.63, 3.8) is 0 Å². The van der Waals surface area contributed by atoms with Crippen LogP contribution in [0.15, 0.2) is 12.2 Å². The van der Waals surface area contributed by atoms with Crippen LogP contribution in [0.5, 0.6) is 0 Å². The number of carbonyl (C=O) groups is 1. The van der Waals surface area contributed by atoms with Gasteiger partial charge in [0, 0.05) is 12.5 Å². The Kier molecular flexibility index (Phi) is 5.03. The molecule has 2 saturated carbocycles. The standard InChI is InChI=1S/C16H27NO2/c1-17-14-12-16(14)11-7-3-5-9-13(16)8-4-2-6-10-15(18)19/h4,8,13-14,17H,2-3,5-7,9-12H2,1H3,(H,18,19)/b8-4-/t13-,14?,16?/m0/s1. The van der Waals surface area contributed by atoms with Gasteiger partial charge in [-0.3, -0.25) is 4.79 Å². The van der Waals surface area contributed by atoms with Crippen molar-refractivity contribution in [2.45, 2.75) is 63.8 Å². The van der Waals surface area contributed by atoms with Crippen molar-refractivity contribution in [3.8, 4) is 0 Å². The summed E-state index contributed by atoms with van der Waals surface area (Å²) in [6.07, 6.45) is 14.7. The van der Waals surface area contributed by atoms with Crippen molar-refractivity contribution >= 4 is 5.97 Å². The lowest BCUT2D eigenvalue weighted by Crippen LogP contribution is -2.24. The highest BCUT2D eigenvalue weighted by Gasteiger charge is 2.56. The highest BCUT2D eigenvalue weighted by molar-refractivity contribution is 5.66. The zero-order valence-corrected chi connectivity index (χ0v) is 12.0. The van der Waals surface area contributed by atoms with Crippen LogP contribution in [0.1, 0.15) is 57.8 Å². The number of hydrogen-bond donors (Lipinski definition) is 2. The molecule has 0 aromatic carbocycles. The molecule has 0 saturated heterocycles. The zero-order chi connectivity index (χ0) is 13.7. The zero-order valence-electron chi connectivity index (χ0n) is 12.0. The van der Waals surface area contributed by atoms with Crippen LogP contribution in [0, 0.1) is 11.3 Å². The number of rotatable bonds is 6. The van der Waals surface area contributed by atoms with Crippen molar-refractivity contribution in [1.29, 1.82) is 0 Å². The van der Waals surface area contributed by atoms with E-state index in [4.69, 9.17) is 5.11 Å². The van der Waals surface area contributed by atoms with Crippen LogP contribution in [0.4, 0.5) is 0 Å². The van der Waals surface area contributed by atoms with Gasteiger partial charge in [0.25, 0.3) is 0 Å². The van der Waals surface area contributed by atoms with Gasteiger partial charge in [-0.15, -0.1) is 0 Å². The Labute approximate surface area is 116 Å². The third-order valence-corrected chi connectivity index (χ3v) is 4.99. The van der Waals surface area contributed by atoms with Crippen LogP contribution in [0.25, 0.3) is 0 Å². The maximum atomic E-state index is 10.5. The first-order valence-corrected chi connectivity index (χ1v) is 7.75. The molecule has 0 amide bonds. The van der Waals surface area contributed by atoms with Crippen molar-refractivity contribution in [2.75, 3.05) is 7.05 Å². The van der Waals surface area contributed by atoms with E-state index in [1.54, 1.807) is 0 Å². The Hall–Kier alpha value is -0.830. The Morgan fingerprint density at radius 1 is 1.42 bits per heavy atom. The Balaban J connectivity index is 1.85. The van der Waals surface area contributed by atoms with E-state index < -0.39 is 5.97 Å². The van der Waals surface area contributed by atoms with Crippen molar-refractivity contribution in [3.05, 3.63) is 12.2 Å². The summed E-state index contributed by atoms with van der Waals surface area (Å²) < 4.78 is 0. The van der Waals surface area contributed by atoms with Gasteiger partial charge >= 0.3 is 5.97 Å². The monoisotopic (exact) mass is 265 g/mol. The maximum Gasteiger partial charge on any atom is 0.303 e. The summed E-state index contributed by atoms with van der Waals surface area (Å²) >= 11 is 0. The van der Waals surface area contributed by atoms with Crippen LogP contribution in [0.3, 0.4) is 0 Å². The van der Waals surface area contributed by atoms with Crippen LogP contribution >= 0.6 is 0 Å². The van der Waals surface area contributed by atoms with Gasteiger partial charge in [0.2, 0.25) is 0 Å². The van der Waals surface area contributed by atoms with E-state index in [1.807, 2.05) is 0 Å². The first-order chi connectivity index (χ1) is 9.19. The molecule has 0 aliphatic heterocycles. The average Bonchev–Trinajstić information content (AvgIpc) is 3.13. The van der Waals surface area contributed by atoms with Gasteiger partial charge in [-0.2, -0.15) is 0 Å². The lowest BCUT2D eigenvalue weighted by atomic mass is 9.83. The number of hydrogen-bond acceptors (Lipinski definition) is 2. The minimum atomic E-state index is -0.684. The number of carboxylic acid groups (broad SMARTS) is 1. The normalized spacial score (nSPS) is 34.6. The number of aliphatic carboxylic acids is 1. The van der Waals surface area contributed by atoms with E-state index in [0.717, 1.165) is 12.8 Å². The van der Waals surface area contributed by atoms with Crippen molar-refractivity contribution in [1.82, 2.24) is 5.32 Å². The molecule has 0 radical (unpaired) electrons. The highest BCUT2D eigenvalue weighted by Crippen LogP contribution is 2.58. The summed E-state index contributed by atoms with van der Waals surface area (Å²) in [6, 6.07) is 0.708. The van der Waals surface area contributed by atoms with Crippen LogP contribution in [0.2, 0.25) is 0 Å². The van der Waals surface area contributed by atoms with E-state index in [0.29, 0.717) is 23.8 Å². The molecule has 2 N–H and O–H groups in total. The molecule has 2 unspecified atom stereocenters. The minimum absolute atomic E-state index is 0.291. The van der Waals surface area contributed by atoms with E-state index in [9.17, 15) is 4.79 Å².